The summed E-state index contributed by atoms with van der Waals surface area (Å²) in [6.07, 6.45) is 6.50. The van der Waals surface area contributed by atoms with Crippen LogP contribution in [0.3, 0.4) is 0 Å². The molecular weight excluding hydrogens is 527 g/mol. The van der Waals surface area contributed by atoms with Crippen molar-refractivity contribution in [1.29, 1.82) is 0 Å². The molecule has 2 aliphatic heterocycles. The van der Waals surface area contributed by atoms with Crippen molar-refractivity contribution in [2.24, 2.45) is 0 Å². The third-order valence-electron chi connectivity index (χ3n) is 7.45. The molecule has 4 nitrogen and oxygen atoms in total. The summed E-state index contributed by atoms with van der Waals surface area (Å²) in [5.41, 5.74) is 3.94. The Morgan fingerprint density at radius 3 is 2.68 bits per heavy atom. The van der Waals surface area contributed by atoms with Gasteiger partial charge in [-0.1, -0.05) is 59.5 Å². The highest BCUT2D eigenvalue weighted by Gasteiger charge is 2.29. The first kappa shape index (κ1) is 23.9. The maximum atomic E-state index is 13.6. The molecule has 2 aliphatic rings. The largest absolute Gasteiger partial charge is 0.335 e. The number of benzene rings is 3. The smallest absolute Gasteiger partial charge is 0.269 e. The minimum Gasteiger partial charge on any atom is -0.335 e. The summed E-state index contributed by atoms with van der Waals surface area (Å²) in [5.74, 6) is 0. The lowest BCUT2D eigenvalue weighted by molar-refractivity contribution is -0.665. The van der Waals surface area contributed by atoms with Crippen LogP contribution in [0.15, 0.2) is 81.0 Å². The summed E-state index contributed by atoms with van der Waals surface area (Å²) in [6, 6.07) is 21.7. The molecular formula is C31H28N3OS3+. The fourth-order valence-electron chi connectivity index (χ4n) is 5.63. The molecule has 5 aromatic rings. The zero-order valence-electron chi connectivity index (χ0n) is 21.4. The summed E-state index contributed by atoms with van der Waals surface area (Å²) >= 11 is 5.28. The van der Waals surface area contributed by atoms with Crippen molar-refractivity contribution in [3.05, 3.63) is 95.8 Å². The highest BCUT2D eigenvalue weighted by molar-refractivity contribution is 8.03. The van der Waals surface area contributed by atoms with E-state index in [1.54, 1.807) is 11.3 Å². The molecule has 0 bridgehead atoms. The van der Waals surface area contributed by atoms with Gasteiger partial charge in [-0.15, -0.1) is 11.3 Å². The fraction of sp³-hybridized carbons (Fsp3) is 0.226. The van der Waals surface area contributed by atoms with Crippen LogP contribution in [0.1, 0.15) is 31.7 Å². The fourth-order valence-corrected chi connectivity index (χ4v) is 9.35. The van der Waals surface area contributed by atoms with Crippen LogP contribution in [0.2, 0.25) is 0 Å². The van der Waals surface area contributed by atoms with E-state index in [2.05, 4.69) is 96.1 Å². The van der Waals surface area contributed by atoms with Crippen LogP contribution in [0, 0.1) is 0 Å². The van der Waals surface area contributed by atoms with Gasteiger partial charge < -0.3 is 4.90 Å². The molecule has 0 radical (unpaired) electrons. The molecule has 0 spiro atoms. The molecule has 0 saturated heterocycles. The molecule has 3 aromatic carbocycles. The highest BCUT2D eigenvalue weighted by Crippen LogP contribution is 2.49. The van der Waals surface area contributed by atoms with Gasteiger partial charge in [-0.3, -0.25) is 9.36 Å². The van der Waals surface area contributed by atoms with Crippen LogP contribution in [0.25, 0.3) is 33.1 Å². The first-order chi connectivity index (χ1) is 18.7. The van der Waals surface area contributed by atoms with Crippen LogP contribution in [0.4, 0.5) is 5.69 Å². The Kier molecular flexibility index (Phi) is 6.02. The molecule has 0 amide bonds. The van der Waals surface area contributed by atoms with E-state index in [1.165, 1.54) is 47.2 Å². The first-order valence-electron chi connectivity index (χ1n) is 13.2. The molecule has 7 heteroatoms. The number of rotatable bonds is 4. The summed E-state index contributed by atoms with van der Waals surface area (Å²) in [6.45, 7) is 6.84. The Morgan fingerprint density at radius 2 is 1.82 bits per heavy atom. The number of thioether (sulfide) groups is 1. The number of aromatic nitrogens is 2. The maximum Gasteiger partial charge on any atom is 0.269 e. The Balaban J connectivity index is 1.39. The quantitative estimate of drug-likeness (QED) is 0.262. The van der Waals surface area contributed by atoms with Crippen molar-refractivity contribution in [1.82, 2.24) is 4.57 Å². The van der Waals surface area contributed by atoms with Crippen LogP contribution in [-0.4, -0.2) is 11.1 Å². The summed E-state index contributed by atoms with van der Waals surface area (Å²) < 4.78 is 7.45. The lowest BCUT2D eigenvalue weighted by atomic mass is 10.1. The van der Waals surface area contributed by atoms with Gasteiger partial charge >= 0.3 is 0 Å². The minimum absolute atomic E-state index is 0.115. The molecule has 0 saturated carbocycles. The van der Waals surface area contributed by atoms with Gasteiger partial charge in [-0.2, -0.15) is 4.57 Å². The van der Waals surface area contributed by atoms with Gasteiger partial charge in [0, 0.05) is 29.4 Å². The average molecular weight is 555 g/mol. The van der Waals surface area contributed by atoms with Crippen molar-refractivity contribution in [2.75, 3.05) is 11.4 Å². The number of anilines is 1. The standard InChI is InChI=1S/C31H28N3OS3/c1-3-32-24-16-15-20-10-5-6-12-22(20)29(24)38-27(32)19-28-33(4-2)30(35)26(36-28)18-21-11-9-17-34-23-13-7-8-14-25(23)37-31(21)34/h5-8,10,12-16,18-19H,3-4,9,11,17H2,1-2H3/q+1. The number of nitrogens with zero attached hydrogens (tertiary/aromatic N) is 3. The number of aryl methyl sites for hydroxylation is 1. The molecule has 4 heterocycles. The van der Waals surface area contributed by atoms with Crippen molar-refractivity contribution in [2.45, 2.75) is 44.7 Å². The topological polar surface area (TPSA) is 29.1 Å². The van der Waals surface area contributed by atoms with Crippen molar-refractivity contribution >= 4 is 73.3 Å². The van der Waals surface area contributed by atoms with E-state index in [1.807, 2.05) is 27.7 Å². The van der Waals surface area contributed by atoms with Crippen LogP contribution in [-0.2, 0) is 13.1 Å². The number of hydrogen-bond acceptors (Lipinski definition) is 5. The van der Waals surface area contributed by atoms with Crippen molar-refractivity contribution in [3.8, 4) is 0 Å². The zero-order chi connectivity index (χ0) is 25.8. The summed E-state index contributed by atoms with van der Waals surface area (Å²) in [5, 5.41) is 5.02. The molecule has 190 valence electrons. The van der Waals surface area contributed by atoms with E-state index in [0.29, 0.717) is 6.54 Å². The normalized spacial score (nSPS) is 16.2. The average Bonchev–Trinajstić information content (AvgIpc) is 3.60. The number of allylic oxidation sites excluding steroid dienone is 1. The first-order valence-corrected chi connectivity index (χ1v) is 15.7. The molecule has 0 atom stereocenters. The molecule has 0 fully saturated rings. The molecule has 2 aromatic heterocycles. The van der Waals surface area contributed by atoms with Gasteiger partial charge in [-0.25, -0.2) is 0 Å². The molecule has 7 rings (SSSR count). The van der Waals surface area contributed by atoms with E-state index in [9.17, 15) is 4.79 Å². The maximum absolute atomic E-state index is 13.6. The number of thiazole rings is 2. The van der Waals surface area contributed by atoms with Gasteiger partial charge in [0.05, 0.1) is 21.3 Å². The molecule has 0 aliphatic carbocycles. The third kappa shape index (κ3) is 3.79. The molecule has 38 heavy (non-hydrogen) atoms. The van der Waals surface area contributed by atoms with E-state index in [4.69, 9.17) is 0 Å². The zero-order valence-corrected chi connectivity index (χ0v) is 23.9. The predicted molar refractivity (Wildman–Crippen MR) is 163 cm³/mol. The van der Waals surface area contributed by atoms with Crippen LogP contribution >= 0.6 is 34.4 Å². The van der Waals surface area contributed by atoms with E-state index in [-0.39, 0.29) is 5.56 Å². The van der Waals surface area contributed by atoms with E-state index in [0.717, 1.165) is 35.1 Å². The van der Waals surface area contributed by atoms with Gasteiger partial charge in [0.15, 0.2) is 0 Å². The minimum atomic E-state index is 0.115. The van der Waals surface area contributed by atoms with E-state index < -0.39 is 0 Å². The highest BCUT2D eigenvalue weighted by atomic mass is 32.2. The lowest BCUT2D eigenvalue weighted by Gasteiger charge is -2.26. The van der Waals surface area contributed by atoms with Gasteiger partial charge in [0.1, 0.15) is 15.9 Å². The van der Waals surface area contributed by atoms with Gasteiger partial charge in [0.25, 0.3) is 10.6 Å². The molecule has 0 unspecified atom stereocenters. The van der Waals surface area contributed by atoms with E-state index >= 15 is 0 Å². The van der Waals surface area contributed by atoms with Gasteiger partial charge in [0.2, 0.25) is 5.52 Å². The Morgan fingerprint density at radius 1 is 0.974 bits per heavy atom. The number of para-hydroxylation sites is 1. The van der Waals surface area contributed by atoms with Crippen molar-refractivity contribution in [3.63, 3.8) is 0 Å². The Bertz CT molecular complexity index is 1940. The van der Waals surface area contributed by atoms with Crippen LogP contribution < -0.4 is 24.2 Å². The molecule has 0 N–H and O–H groups in total. The monoisotopic (exact) mass is 554 g/mol. The lowest BCUT2D eigenvalue weighted by Crippen LogP contribution is -2.35. The Hall–Kier alpha value is -3.13. The SMILES string of the molecule is CCn1c(=O)c(=CC2=C3Sc4ccccc4N3CCC2)s/c1=C\c1sc2c3ccccc3ccc2[n+]1CC. The second-order valence-corrected chi connectivity index (χ2v) is 12.7. The summed E-state index contributed by atoms with van der Waals surface area (Å²) in [4.78, 5) is 17.3. The Labute approximate surface area is 233 Å². The third-order valence-corrected chi connectivity index (χ3v) is 10.9. The number of hydrogen-bond donors (Lipinski definition) is 0. The summed E-state index contributed by atoms with van der Waals surface area (Å²) in [7, 11) is 0. The van der Waals surface area contributed by atoms with Crippen LogP contribution in [0.5, 0.6) is 0 Å². The van der Waals surface area contributed by atoms with Gasteiger partial charge in [-0.05, 0) is 61.9 Å². The predicted octanol–water partition coefficient (Wildman–Crippen LogP) is 5.83. The second kappa shape index (κ2) is 9.56. The second-order valence-electron chi connectivity index (χ2n) is 9.62. The number of fused-ring (bicyclic) bond motifs is 6. The van der Waals surface area contributed by atoms with Crippen molar-refractivity contribution < 1.29 is 4.57 Å².